The molecule has 0 aromatic carbocycles. The first-order valence-corrected chi connectivity index (χ1v) is 5.61. The summed E-state index contributed by atoms with van der Waals surface area (Å²) in [5.41, 5.74) is 0. The van der Waals surface area contributed by atoms with E-state index in [2.05, 4.69) is 20.8 Å². The van der Waals surface area contributed by atoms with E-state index in [0.29, 0.717) is 17.5 Å². The maximum atomic E-state index is 11.4. The minimum Gasteiger partial charge on any atom is -0.308 e. The number of nitrogens with zero attached hydrogens (tertiary/aromatic N) is 2. The summed E-state index contributed by atoms with van der Waals surface area (Å²) < 4.78 is 0. The Labute approximate surface area is 98.6 Å². The van der Waals surface area contributed by atoms with Gasteiger partial charge >= 0.3 is 0 Å². The smallest absolute Gasteiger partial charge is 0.239 e. The lowest BCUT2D eigenvalue weighted by atomic mass is 10.4. The summed E-state index contributed by atoms with van der Waals surface area (Å²) in [5.74, 6) is 1.07. The average Bonchev–Trinajstić information content (AvgIpc) is 3.05. The van der Waals surface area contributed by atoms with Crippen molar-refractivity contribution in [1.82, 2.24) is 15.5 Å². The van der Waals surface area contributed by atoms with Gasteiger partial charge in [0.25, 0.3) is 0 Å². The Balaban J connectivity index is 1.70. The van der Waals surface area contributed by atoms with E-state index in [1.807, 2.05) is 0 Å². The van der Waals surface area contributed by atoms with Gasteiger partial charge in [0.1, 0.15) is 0 Å². The fraction of sp³-hybridized carbons (Fsp3) is 0.500. The summed E-state index contributed by atoms with van der Waals surface area (Å²) in [4.78, 5) is 11.4. The van der Waals surface area contributed by atoms with Crippen LogP contribution in [-0.2, 0) is 4.79 Å². The van der Waals surface area contributed by atoms with E-state index in [-0.39, 0.29) is 5.91 Å². The van der Waals surface area contributed by atoms with Gasteiger partial charge in [-0.15, -0.1) is 10.2 Å². The highest BCUT2D eigenvalue weighted by atomic mass is 35.5. The number of carbonyl (C=O) groups excluding carboxylic acids is 1. The van der Waals surface area contributed by atoms with Crippen LogP contribution >= 0.6 is 11.6 Å². The van der Waals surface area contributed by atoms with Crippen molar-refractivity contribution < 1.29 is 4.79 Å². The molecule has 0 unspecified atom stereocenters. The lowest BCUT2D eigenvalue weighted by Gasteiger charge is -2.04. The van der Waals surface area contributed by atoms with E-state index >= 15 is 0 Å². The van der Waals surface area contributed by atoms with Crippen LogP contribution in [0.4, 0.5) is 5.82 Å². The molecule has 2 N–H and O–H groups in total. The van der Waals surface area contributed by atoms with Crippen LogP contribution in [0.2, 0.25) is 5.15 Å². The Morgan fingerprint density at radius 2 is 2.25 bits per heavy atom. The van der Waals surface area contributed by atoms with Crippen molar-refractivity contribution in [1.29, 1.82) is 0 Å². The van der Waals surface area contributed by atoms with Crippen molar-refractivity contribution in [3.05, 3.63) is 17.3 Å². The number of anilines is 1. The Morgan fingerprint density at radius 3 is 2.88 bits per heavy atom. The molecule has 0 aliphatic heterocycles. The lowest BCUT2D eigenvalue weighted by Crippen LogP contribution is -2.29. The SMILES string of the molecule is O=C(CNCC1CC1)Nc1ccc(Cl)nn1. The Morgan fingerprint density at radius 1 is 1.44 bits per heavy atom. The van der Waals surface area contributed by atoms with Crippen molar-refractivity contribution in [2.24, 2.45) is 5.92 Å². The maximum Gasteiger partial charge on any atom is 0.239 e. The third-order valence-electron chi connectivity index (χ3n) is 2.31. The number of amides is 1. The van der Waals surface area contributed by atoms with Crippen LogP contribution in [0.25, 0.3) is 0 Å². The number of nitrogens with one attached hydrogen (secondary N) is 2. The second-order valence-electron chi connectivity index (χ2n) is 3.86. The summed E-state index contributed by atoms with van der Waals surface area (Å²) in [7, 11) is 0. The molecule has 5 nitrogen and oxygen atoms in total. The van der Waals surface area contributed by atoms with Gasteiger partial charge in [-0.25, -0.2) is 0 Å². The van der Waals surface area contributed by atoms with Crippen LogP contribution in [0, 0.1) is 5.92 Å². The van der Waals surface area contributed by atoms with E-state index in [1.54, 1.807) is 12.1 Å². The highest BCUT2D eigenvalue weighted by molar-refractivity contribution is 6.29. The first-order chi connectivity index (χ1) is 7.74. The predicted molar refractivity (Wildman–Crippen MR) is 61.3 cm³/mol. The molecule has 0 saturated heterocycles. The van der Waals surface area contributed by atoms with Crippen LogP contribution < -0.4 is 10.6 Å². The largest absolute Gasteiger partial charge is 0.308 e. The maximum absolute atomic E-state index is 11.4. The predicted octanol–water partition coefficient (Wildman–Crippen LogP) is 1.07. The van der Waals surface area contributed by atoms with E-state index in [4.69, 9.17) is 11.6 Å². The van der Waals surface area contributed by atoms with Gasteiger partial charge in [-0.2, -0.15) is 0 Å². The summed E-state index contributed by atoms with van der Waals surface area (Å²) in [5, 5.41) is 13.4. The van der Waals surface area contributed by atoms with Crippen molar-refractivity contribution in [2.75, 3.05) is 18.4 Å². The Bertz CT molecular complexity index is 364. The molecule has 16 heavy (non-hydrogen) atoms. The Hall–Kier alpha value is -1.20. The van der Waals surface area contributed by atoms with E-state index < -0.39 is 0 Å². The molecule has 0 radical (unpaired) electrons. The summed E-state index contributed by atoms with van der Waals surface area (Å²) in [6.07, 6.45) is 2.55. The summed E-state index contributed by atoms with van der Waals surface area (Å²) >= 11 is 5.57. The first kappa shape index (κ1) is 11.3. The fourth-order valence-electron chi connectivity index (χ4n) is 1.28. The molecule has 6 heteroatoms. The van der Waals surface area contributed by atoms with Crippen molar-refractivity contribution in [2.45, 2.75) is 12.8 Å². The number of hydrogen-bond acceptors (Lipinski definition) is 4. The average molecular weight is 241 g/mol. The highest BCUT2D eigenvalue weighted by Gasteiger charge is 2.20. The van der Waals surface area contributed by atoms with Crippen LogP contribution in [0.3, 0.4) is 0 Å². The molecule has 1 saturated carbocycles. The number of hydrogen-bond donors (Lipinski definition) is 2. The molecule has 1 aromatic rings. The van der Waals surface area contributed by atoms with Crippen molar-refractivity contribution >= 4 is 23.3 Å². The van der Waals surface area contributed by atoms with Gasteiger partial charge in [-0.1, -0.05) is 11.6 Å². The quantitative estimate of drug-likeness (QED) is 0.808. The number of halogens is 1. The molecule has 1 fully saturated rings. The molecule has 1 amide bonds. The lowest BCUT2D eigenvalue weighted by molar-refractivity contribution is -0.115. The van der Waals surface area contributed by atoms with Gasteiger partial charge in [-0.05, 0) is 37.4 Å². The zero-order chi connectivity index (χ0) is 11.4. The Kier molecular flexibility index (Phi) is 3.69. The second-order valence-corrected chi connectivity index (χ2v) is 4.25. The first-order valence-electron chi connectivity index (χ1n) is 5.24. The molecule has 0 bridgehead atoms. The molecule has 1 heterocycles. The van der Waals surface area contributed by atoms with Crippen molar-refractivity contribution in [3.8, 4) is 0 Å². The zero-order valence-corrected chi connectivity index (χ0v) is 9.50. The minimum absolute atomic E-state index is 0.114. The van der Waals surface area contributed by atoms with Crippen molar-refractivity contribution in [3.63, 3.8) is 0 Å². The molecule has 1 aliphatic carbocycles. The normalized spacial score (nSPS) is 14.8. The van der Waals surface area contributed by atoms with Gasteiger partial charge < -0.3 is 10.6 Å². The monoisotopic (exact) mass is 240 g/mol. The van der Waals surface area contributed by atoms with Gasteiger partial charge in [0.15, 0.2) is 11.0 Å². The second kappa shape index (κ2) is 5.23. The van der Waals surface area contributed by atoms with Crippen LogP contribution in [0.1, 0.15) is 12.8 Å². The number of rotatable bonds is 5. The van der Waals surface area contributed by atoms with Gasteiger partial charge in [-0.3, -0.25) is 4.79 Å². The van der Waals surface area contributed by atoms with Gasteiger partial charge in [0.05, 0.1) is 6.54 Å². The zero-order valence-electron chi connectivity index (χ0n) is 8.74. The third-order valence-corrected chi connectivity index (χ3v) is 2.52. The molecule has 86 valence electrons. The van der Waals surface area contributed by atoms with E-state index in [0.717, 1.165) is 12.5 Å². The molecule has 0 atom stereocenters. The molecule has 2 rings (SSSR count). The van der Waals surface area contributed by atoms with Crippen LogP contribution in [0.5, 0.6) is 0 Å². The topological polar surface area (TPSA) is 66.9 Å². The van der Waals surface area contributed by atoms with E-state index in [1.165, 1.54) is 12.8 Å². The minimum atomic E-state index is -0.114. The molecule has 1 aromatic heterocycles. The van der Waals surface area contributed by atoms with Crippen LogP contribution in [-0.4, -0.2) is 29.2 Å². The highest BCUT2D eigenvalue weighted by Crippen LogP contribution is 2.27. The molecular formula is C10H13ClN4O. The third kappa shape index (κ3) is 3.75. The number of aromatic nitrogens is 2. The van der Waals surface area contributed by atoms with Gasteiger partial charge in [0.2, 0.25) is 5.91 Å². The number of carbonyl (C=O) groups is 1. The molecular weight excluding hydrogens is 228 g/mol. The summed E-state index contributed by atoms with van der Waals surface area (Å²) in [6.45, 7) is 1.22. The van der Waals surface area contributed by atoms with E-state index in [9.17, 15) is 4.79 Å². The molecule has 1 aliphatic rings. The standard InChI is InChI=1S/C10H13ClN4O/c11-8-3-4-9(15-14-8)13-10(16)6-12-5-7-1-2-7/h3-4,7,12H,1-2,5-6H2,(H,13,15,16). The molecule has 0 spiro atoms. The van der Waals surface area contributed by atoms with Crippen LogP contribution in [0.15, 0.2) is 12.1 Å². The van der Waals surface area contributed by atoms with Gasteiger partial charge in [0, 0.05) is 0 Å². The summed E-state index contributed by atoms with van der Waals surface area (Å²) in [6, 6.07) is 3.20. The fourth-order valence-corrected chi connectivity index (χ4v) is 1.38.